The lowest BCUT2D eigenvalue weighted by molar-refractivity contribution is -0.0787. The Morgan fingerprint density at radius 2 is 2.18 bits per heavy atom. The minimum absolute atomic E-state index is 0.104. The molecule has 3 heterocycles. The van der Waals surface area contributed by atoms with Crippen molar-refractivity contribution < 1.29 is 23.7 Å². The van der Waals surface area contributed by atoms with Gasteiger partial charge < -0.3 is 30.0 Å². The second-order valence-corrected chi connectivity index (χ2v) is 7.71. The molecule has 4 rings (SSSR count). The number of likely N-dealkylation sites (tertiary alicyclic amines) is 1. The summed E-state index contributed by atoms with van der Waals surface area (Å²) in [6.07, 6.45) is 1.12. The topological polar surface area (TPSA) is 95.3 Å². The highest BCUT2D eigenvalue weighted by molar-refractivity contribution is 6.33. The fourth-order valence-electron chi connectivity index (χ4n) is 4.06. The van der Waals surface area contributed by atoms with Crippen LogP contribution in [0.25, 0.3) is 0 Å². The summed E-state index contributed by atoms with van der Waals surface area (Å²) in [7, 11) is 1.66. The molecule has 9 heteroatoms. The van der Waals surface area contributed by atoms with E-state index in [9.17, 15) is 4.79 Å². The molecular weight excluding hydrogens is 386 g/mol. The van der Waals surface area contributed by atoms with Gasteiger partial charge in [0.05, 0.1) is 48.2 Å². The van der Waals surface area contributed by atoms with E-state index in [1.165, 1.54) is 0 Å². The summed E-state index contributed by atoms with van der Waals surface area (Å²) in [6.45, 7) is 4.01. The minimum Gasteiger partial charge on any atom is -0.492 e. The first kappa shape index (κ1) is 19.7. The van der Waals surface area contributed by atoms with E-state index in [1.54, 1.807) is 13.2 Å². The molecule has 0 aromatic heterocycles. The van der Waals surface area contributed by atoms with Gasteiger partial charge in [0.15, 0.2) is 6.29 Å². The van der Waals surface area contributed by atoms with E-state index in [4.69, 9.17) is 36.3 Å². The number of nitrogen functional groups attached to an aromatic ring is 1. The van der Waals surface area contributed by atoms with Gasteiger partial charge in [0, 0.05) is 38.7 Å². The maximum atomic E-state index is 13.0. The van der Waals surface area contributed by atoms with Crippen molar-refractivity contribution in [1.82, 2.24) is 10.2 Å². The van der Waals surface area contributed by atoms with E-state index < -0.39 is 0 Å². The number of carbonyl (C=O) groups is 1. The fourth-order valence-corrected chi connectivity index (χ4v) is 4.28. The molecule has 154 valence electrons. The highest BCUT2D eigenvalue weighted by Gasteiger charge is 2.34. The molecule has 2 saturated heterocycles. The average molecular weight is 412 g/mol. The Morgan fingerprint density at radius 1 is 1.39 bits per heavy atom. The largest absolute Gasteiger partial charge is 0.492 e. The molecule has 3 N–H and O–H groups in total. The molecule has 2 atom stereocenters. The smallest absolute Gasteiger partial charge is 0.255 e. The number of ether oxygens (including phenoxy) is 4. The van der Waals surface area contributed by atoms with Crippen molar-refractivity contribution in [2.75, 3.05) is 52.3 Å². The van der Waals surface area contributed by atoms with Crippen LogP contribution in [0.2, 0.25) is 5.02 Å². The molecule has 3 aliphatic rings. The van der Waals surface area contributed by atoms with Gasteiger partial charge in [-0.1, -0.05) is 11.6 Å². The van der Waals surface area contributed by atoms with Gasteiger partial charge in [-0.2, -0.15) is 0 Å². The van der Waals surface area contributed by atoms with Crippen molar-refractivity contribution in [3.8, 4) is 5.75 Å². The molecule has 0 saturated carbocycles. The van der Waals surface area contributed by atoms with Gasteiger partial charge in [0.1, 0.15) is 5.75 Å². The quantitative estimate of drug-likeness (QED) is 0.699. The lowest BCUT2D eigenvalue weighted by Crippen LogP contribution is -2.55. The molecule has 1 aromatic carbocycles. The van der Waals surface area contributed by atoms with E-state index in [1.807, 2.05) is 0 Å². The average Bonchev–Trinajstić information content (AvgIpc) is 3.37. The molecule has 28 heavy (non-hydrogen) atoms. The molecule has 0 radical (unpaired) electrons. The molecule has 0 aliphatic carbocycles. The Bertz CT molecular complexity index is 741. The highest BCUT2D eigenvalue weighted by Crippen LogP contribution is 2.38. The molecule has 8 nitrogen and oxygen atoms in total. The summed E-state index contributed by atoms with van der Waals surface area (Å²) < 4.78 is 22.4. The lowest BCUT2D eigenvalue weighted by atomic mass is 10.00. The van der Waals surface area contributed by atoms with E-state index in [0.29, 0.717) is 61.4 Å². The van der Waals surface area contributed by atoms with E-state index in [2.05, 4.69) is 10.2 Å². The third-order valence-electron chi connectivity index (χ3n) is 5.58. The number of benzene rings is 1. The van der Waals surface area contributed by atoms with Gasteiger partial charge in [-0.25, -0.2) is 0 Å². The molecule has 2 fully saturated rings. The Morgan fingerprint density at radius 3 is 2.93 bits per heavy atom. The molecule has 1 aromatic rings. The summed E-state index contributed by atoms with van der Waals surface area (Å²) in [6, 6.07) is 1.48. The standard InChI is InChI=1S/C19H26ClN3O5/c1-25-15-9-23(10-16-26-6-7-27-16)4-2-14(15)22-19(24)12-8-13(20)17(21)11-3-5-28-18(11)12/h8,14-16H,2-7,9-10,21H2,1H3,(H,22,24)/t14-,15+/m1/s1. The number of nitrogens with two attached hydrogens (primary N) is 1. The van der Waals surface area contributed by atoms with Crippen LogP contribution in [0.4, 0.5) is 5.69 Å². The van der Waals surface area contributed by atoms with Crippen molar-refractivity contribution in [3.63, 3.8) is 0 Å². The number of methoxy groups -OCH3 is 1. The monoisotopic (exact) mass is 411 g/mol. The first-order valence-electron chi connectivity index (χ1n) is 9.59. The number of halogens is 1. The fraction of sp³-hybridized carbons (Fsp3) is 0.632. The van der Waals surface area contributed by atoms with Gasteiger partial charge in [0.25, 0.3) is 5.91 Å². The summed E-state index contributed by atoms with van der Waals surface area (Å²) >= 11 is 6.22. The van der Waals surface area contributed by atoms with Gasteiger partial charge in [-0.05, 0) is 12.5 Å². The Labute approximate surface area is 169 Å². The van der Waals surface area contributed by atoms with E-state index in [-0.39, 0.29) is 24.3 Å². The predicted molar refractivity (Wildman–Crippen MR) is 104 cm³/mol. The summed E-state index contributed by atoms with van der Waals surface area (Å²) in [4.78, 5) is 15.2. The van der Waals surface area contributed by atoms with Crippen molar-refractivity contribution in [3.05, 3.63) is 22.2 Å². The first-order chi connectivity index (χ1) is 13.6. The molecular formula is C19H26ClN3O5. The Hall–Kier alpha value is -1.58. The summed E-state index contributed by atoms with van der Waals surface area (Å²) in [5.74, 6) is 0.323. The zero-order valence-corrected chi connectivity index (χ0v) is 16.7. The molecule has 3 aliphatic heterocycles. The van der Waals surface area contributed by atoms with Crippen molar-refractivity contribution >= 4 is 23.2 Å². The van der Waals surface area contributed by atoms with E-state index >= 15 is 0 Å². The van der Waals surface area contributed by atoms with Crippen molar-refractivity contribution in [2.24, 2.45) is 0 Å². The number of amides is 1. The number of anilines is 1. The number of rotatable bonds is 5. The van der Waals surface area contributed by atoms with Crippen LogP contribution in [-0.4, -0.2) is 75.8 Å². The van der Waals surface area contributed by atoms with Crippen molar-refractivity contribution in [1.29, 1.82) is 0 Å². The molecule has 1 amide bonds. The Balaban J connectivity index is 1.42. The first-order valence-corrected chi connectivity index (χ1v) is 9.97. The van der Waals surface area contributed by atoms with Crippen LogP contribution in [0.3, 0.4) is 0 Å². The van der Waals surface area contributed by atoms with Gasteiger partial charge in [0.2, 0.25) is 0 Å². The van der Waals surface area contributed by atoms with Crippen LogP contribution in [0, 0.1) is 0 Å². The SMILES string of the molecule is CO[C@H]1CN(CC2OCCO2)CC[C@H]1NC(=O)c1cc(Cl)c(N)c2c1OCC2. The van der Waals surface area contributed by atoms with Crippen LogP contribution in [0.5, 0.6) is 5.75 Å². The number of piperidine rings is 1. The van der Waals surface area contributed by atoms with Crippen LogP contribution in [-0.2, 0) is 20.6 Å². The number of hydrogen-bond donors (Lipinski definition) is 2. The van der Waals surface area contributed by atoms with Crippen LogP contribution < -0.4 is 15.8 Å². The lowest BCUT2D eigenvalue weighted by Gasteiger charge is -2.38. The van der Waals surface area contributed by atoms with Gasteiger partial charge >= 0.3 is 0 Å². The number of fused-ring (bicyclic) bond motifs is 1. The number of hydrogen-bond acceptors (Lipinski definition) is 7. The number of carbonyl (C=O) groups excluding carboxylic acids is 1. The van der Waals surface area contributed by atoms with E-state index in [0.717, 1.165) is 18.5 Å². The third kappa shape index (κ3) is 3.92. The van der Waals surface area contributed by atoms with Crippen LogP contribution >= 0.6 is 11.6 Å². The second-order valence-electron chi connectivity index (χ2n) is 7.30. The maximum absolute atomic E-state index is 13.0. The van der Waals surface area contributed by atoms with Gasteiger partial charge in [-0.15, -0.1) is 0 Å². The molecule has 0 unspecified atom stereocenters. The second kappa shape index (κ2) is 8.42. The van der Waals surface area contributed by atoms with Gasteiger partial charge in [-0.3, -0.25) is 9.69 Å². The zero-order valence-electron chi connectivity index (χ0n) is 15.9. The number of nitrogens with zero attached hydrogens (tertiary/aromatic N) is 1. The summed E-state index contributed by atoms with van der Waals surface area (Å²) in [5.41, 5.74) is 7.75. The maximum Gasteiger partial charge on any atom is 0.255 e. The molecule has 0 bridgehead atoms. The highest BCUT2D eigenvalue weighted by atomic mass is 35.5. The third-order valence-corrected chi connectivity index (χ3v) is 5.89. The normalized spacial score (nSPS) is 25.5. The van der Waals surface area contributed by atoms with Crippen LogP contribution in [0.1, 0.15) is 22.3 Å². The summed E-state index contributed by atoms with van der Waals surface area (Å²) in [5, 5.41) is 3.47. The molecule has 0 spiro atoms. The predicted octanol–water partition coefficient (Wildman–Crippen LogP) is 1.05. The Kier molecular flexibility index (Phi) is 5.93. The van der Waals surface area contributed by atoms with Crippen LogP contribution in [0.15, 0.2) is 6.07 Å². The zero-order chi connectivity index (χ0) is 19.7. The number of nitrogens with one attached hydrogen (secondary N) is 1. The minimum atomic E-state index is -0.219. The van der Waals surface area contributed by atoms with Crippen molar-refractivity contribution in [2.45, 2.75) is 31.3 Å².